The number of nitrogens with zero attached hydrogens (tertiary/aromatic N) is 4. The molecule has 2 heterocycles. The summed E-state index contributed by atoms with van der Waals surface area (Å²) in [6.45, 7) is 7.87. The number of methoxy groups -OCH3 is 1. The Bertz CT molecular complexity index is 1190. The van der Waals surface area contributed by atoms with Crippen LogP contribution < -0.4 is 9.64 Å². The van der Waals surface area contributed by atoms with Crippen molar-refractivity contribution in [1.29, 1.82) is 0 Å². The molecule has 1 amide bonds. The fourth-order valence-electron chi connectivity index (χ4n) is 4.16. The van der Waals surface area contributed by atoms with E-state index in [1.807, 2.05) is 19.1 Å². The summed E-state index contributed by atoms with van der Waals surface area (Å²) in [6.07, 6.45) is 1.37. The summed E-state index contributed by atoms with van der Waals surface area (Å²) in [5.41, 5.74) is 0.00835. The Morgan fingerprint density at radius 2 is 2.03 bits per heavy atom. The molecule has 2 aromatic rings. The fraction of sp³-hybridized carbons (Fsp3) is 0.360. The van der Waals surface area contributed by atoms with Crippen LogP contribution >= 0.6 is 23.2 Å². The molecule has 0 radical (unpaired) electrons. The second kappa shape index (κ2) is 11.4. The van der Waals surface area contributed by atoms with Crippen LogP contribution in [0, 0.1) is 0 Å². The first kappa shape index (κ1) is 27.7. The summed E-state index contributed by atoms with van der Waals surface area (Å²) >= 11 is 12.2. The van der Waals surface area contributed by atoms with Crippen molar-refractivity contribution in [2.75, 3.05) is 31.6 Å². The number of hydrogen-bond acceptors (Lipinski definition) is 4. The Hall–Kier alpha value is -2.91. The van der Waals surface area contributed by atoms with Gasteiger partial charge in [0, 0.05) is 43.0 Å². The van der Waals surface area contributed by atoms with E-state index in [0.29, 0.717) is 40.7 Å². The van der Waals surface area contributed by atoms with Crippen LogP contribution in [0.15, 0.2) is 49.1 Å². The van der Waals surface area contributed by atoms with Gasteiger partial charge in [0.2, 0.25) is 5.91 Å². The van der Waals surface area contributed by atoms with Crippen molar-refractivity contribution in [3.63, 3.8) is 0 Å². The Kier molecular flexibility index (Phi) is 8.79. The number of rotatable bonds is 7. The van der Waals surface area contributed by atoms with Gasteiger partial charge in [-0.15, -0.1) is 0 Å². The largest absolute Gasteiger partial charge is 0.495 e. The smallest absolute Gasteiger partial charge is 0.434 e. The van der Waals surface area contributed by atoms with Crippen LogP contribution in [0.1, 0.15) is 25.2 Å². The lowest BCUT2D eigenvalue weighted by atomic mass is 10.1. The minimum absolute atomic E-state index is 0.0654. The molecule has 11 heteroatoms. The summed E-state index contributed by atoms with van der Waals surface area (Å²) in [5.74, 6) is 0.0569. The highest BCUT2D eigenvalue weighted by Gasteiger charge is 2.41. The lowest BCUT2D eigenvalue weighted by molar-refractivity contribution is -0.146. The molecule has 6 nitrogen and oxygen atoms in total. The van der Waals surface area contributed by atoms with Gasteiger partial charge < -0.3 is 14.5 Å². The number of allylic oxidation sites excluding steroid dienone is 5. The van der Waals surface area contributed by atoms with Gasteiger partial charge in [0.15, 0.2) is 5.69 Å². The van der Waals surface area contributed by atoms with E-state index in [4.69, 9.17) is 27.9 Å². The van der Waals surface area contributed by atoms with Gasteiger partial charge in [-0.3, -0.25) is 4.79 Å². The lowest BCUT2D eigenvalue weighted by Crippen LogP contribution is -2.55. The third kappa shape index (κ3) is 5.90. The maximum absolute atomic E-state index is 13.9. The second-order valence-electron chi connectivity index (χ2n) is 8.23. The summed E-state index contributed by atoms with van der Waals surface area (Å²) in [7, 11) is 1.53. The van der Waals surface area contributed by atoms with Crippen LogP contribution in [0.5, 0.6) is 5.75 Å². The highest BCUT2D eigenvalue weighted by Crippen LogP contribution is 2.39. The quantitative estimate of drug-likeness (QED) is 0.396. The number of alkyl halides is 3. The van der Waals surface area contributed by atoms with Gasteiger partial charge in [0.05, 0.1) is 17.2 Å². The topological polar surface area (TPSA) is 50.6 Å². The first-order chi connectivity index (χ1) is 17.0. The number of carbonyl (C=O) groups excluding carboxylic acids is 1. The number of aromatic nitrogens is 2. The zero-order valence-electron chi connectivity index (χ0n) is 20.1. The Morgan fingerprint density at radius 3 is 2.61 bits per heavy atom. The number of hydrogen-bond donors (Lipinski definition) is 0. The molecule has 1 aromatic carbocycles. The number of ether oxygens (including phenoxy) is 1. The lowest BCUT2D eigenvalue weighted by Gasteiger charge is -2.41. The zero-order chi connectivity index (χ0) is 26.6. The highest BCUT2D eigenvalue weighted by molar-refractivity contribution is 6.33. The Balaban J connectivity index is 1.83. The molecule has 1 aliphatic rings. The summed E-state index contributed by atoms with van der Waals surface area (Å²) < 4.78 is 47.6. The molecule has 0 N–H and O–H groups in total. The molecule has 36 heavy (non-hydrogen) atoms. The maximum Gasteiger partial charge on any atom is 0.434 e. The molecule has 194 valence electrons. The molecule has 3 rings (SSSR count). The van der Waals surface area contributed by atoms with Crippen molar-refractivity contribution in [3.05, 3.63) is 70.5 Å². The SMILES string of the molecule is C=C/C=C(\C=C/C)c1nn(CC(=O)N2CCN(c3ccc(Cl)c(OC)c3)C[C@@H]2C)c(C(F)(F)F)c1Cl. The van der Waals surface area contributed by atoms with Crippen LogP contribution in [-0.2, 0) is 17.5 Å². The van der Waals surface area contributed by atoms with Crippen LogP contribution in [0.25, 0.3) is 5.57 Å². The van der Waals surface area contributed by atoms with Gasteiger partial charge in [0.1, 0.15) is 18.0 Å². The predicted octanol–water partition coefficient (Wildman–Crippen LogP) is 6.10. The van der Waals surface area contributed by atoms with E-state index in [-0.39, 0.29) is 11.7 Å². The van der Waals surface area contributed by atoms with E-state index >= 15 is 0 Å². The number of benzene rings is 1. The van der Waals surface area contributed by atoms with E-state index in [1.165, 1.54) is 19.3 Å². The molecule has 0 spiro atoms. The molecule has 1 aromatic heterocycles. The predicted molar refractivity (Wildman–Crippen MR) is 137 cm³/mol. The number of anilines is 1. The van der Waals surface area contributed by atoms with E-state index < -0.39 is 29.3 Å². The first-order valence-corrected chi connectivity index (χ1v) is 11.9. The van der Waals surface area contributed by atoms with Crippen molar-refractivity contribution in [3.8, 4) is 5.75 Å². The first-order valence-electron chi connectivity index (χ1n) is 11.2. The minimum atomic E-state index is -4.80. The minimum Gasteiger partial charge on any atom is -0.495 e. The summed E-state index contributed by atoms with van der Waals surface area (Å²) in [6, 6.07) is 5.15. The Labute approximate surface area is 218 Å². The monoisotopic (exact) mass is 542 g/mol. The van der Waals surface area contributed by atoms with Gasteiger partial charge in [0.25, 0.3) is 0 Å². The van der Waals surface area contributed by atoms with E-state index in [0.717, 1.165) is 5.69 Å². The van der Waals surface area contributed by atoms with Crippen LogP contribution in [-0.4, -0.2) is 53.4 Å². The van der Waals surface area contributed by atoms with Crippen molar-refractivity contribution in [1.82, 2.24) is 14.7 Å². The van der Waals surface area contributed by atoms with Crippen molar-refractivity contribution in [2.45, 2.75) is 32.6 Å². The summed E-state index contributed by atoms with van der Waals surface area (Å²) in [4.78, 5) is 16.8. The van der Waals surface area contributed by atoms with E-state index in [2.05, 4.69) is 16.6 Å². The van der Waals surface area contributed by atoms with Crippen LogP contribution in [0.3, 0.4) is 0 Å². The molecule has 0 unspecified atom stereocenters. The van der Waals surface area contributed by atoms with E-state index in [1.54, 1.807) is 30.0 Å². The molecule has 0 aliphatic carbocycles. The molecule has 0 saturated carbocycles. The fourth-order valence-corrected chi connectivity index (χ4v) is 4.70. The molecular weight excluding hydrogens is 516 g/mol. The Morgan fingerprint density at radius 1 is 1.31 bits per heavy atom. The van der Waals surface area contributed by atoms with Gasteiger partial charge >= 0.3 is 6.18 Å². The van der Waals surface area contributed by atoms with Crippen molar-refractivity contribution < 1.29 is 22.7 Å². The van der Waals surface area contributed by atoms with Gasteiger partial charge in [-0.1, -0.05) is 54.1 Å². The normalized spacial score (nSPS) is 17.1. The van der Waals surface area contributed by atoms with Gasteiger partial charge in [-0.2, -0.15) is 18.3 Å². The molecule has 1 atom stereocenters. The maximum atomic E-state index is 13.9. The molecular formula is C25H27Cl2F3N4O2. The second-order valence-corrected chi connectivity index (χ2v) is 9.01. The van der Waals surface area contributed by atoms with Gasteiger partial charge in [-0.05, 0) is 26.0 Å². The molecule has 1 aliphatic heterocycles. The van der Waals surface area contributed by atoms with Crippen molar-refractivity contribution >= 4 is 40.4 Å². The molecule has 1 saturated heterocycles. The van der Waals surface area contributed by atoms with Gasteiger partial charge in [-0.25, -0.2) is 4.68 Å². The molecule has 0 bridgehead atoms. The average Bonchev–Trinajstić information content (AvgIpc) is 3.14. The van der Waals surface area contributed by atoms with E-state index in [9.17, 15) is 18.0 Å². The summed E-state index contributed by atoms with van der Waals surface area (Å²) in [5, 5.41) is 4.00. The molecule has 1 fully saturated rings. The number of amides is 1. The standard InChI is InChI=1S/C25H27Cl2F3N4O2/c1-5-7-17(8-6-2)23-22(27)24(25(28,29)30)34(31-23)15-21(35)33-12-11-32(14-16(33)3)18-9-10-19(26)20(13-18)36-4/h5-10,13,16H,1,11-12,14-15H2,2-4H3/b8-6-,17-7+/t16-/m0/s1. The number of halogens is 5. The average molecular weight is 543 g/mol. The van der Waals surface area contributed by atoms with Crippen LogP contribution in [0.4, 0.5) is 18.9 Å². The van der Waals surface area contributed by atoms with Crippen molar-refractivity contribution in [2.24, 2.45) is 0 Å². The third-order valence-corrected chi connectivity index (χ3v) is 6.48. The third-order valence-electron chi connectivity index (χ3n) is 5.81. The number of carbonyl (C=O) groups is 1. The zero-order valence-corrected chi connectivity index (χ0v) is 21.7. The van der Waals surface area contributed by atoms with Crippen LogP contribution in [0.2, 0.25) is 10.0 Å². The highest BCUT2D eigenvalue weighted by atomic mass is 35.5. The number of piperazine rings is 1.